The van der Waals surface area contributed by atoms with E-state index in [0.717, 1.165) is 0 Å². The van der Waals surface area contributed by atoms with Gasteiger partial charge in [-0.1, -0.05) is 12.1 Å². The molecule has 88 valence electrons. The first kappa shape index (κ1) is 11.3. The third kappa shape index (κ3) is 2.19. The Kier molecular flexibility index (Phi) is 2.93. The molecule has 1 amide bonds. The molecule has 17 heavy (non-hydrogen) atoms. The third-order valence-electron chi connectivity index (χ3n) is 2.53. The fraction of sp³-hybridized carbons (Fsp3) is 0.167. The molecule has 5 nitrogen and oxygen atoms in total. The van der Waals surface area contributed by atoms with Crippen molar-refractivity contribution in [1.29, 1.82) is 0 Å². The lowest BCUT2D eigenvalue weighted by molar-refractivity contribution is -0.118. The zero-order valence-corrected chi connectivity index (χ0v) is 9.05. The van der Waals surface area contributed by atoms with E-state index in [1.807, 2.05) is 0 Å². The van der Waals surface area contributed by atoms with Gasteiger partial charge in [0.2, 0.25) is 5.91 Å². The third-order valence-corrected chi connectivity index (χ3v) is 2.53. The monoisotopic (exact) mass is 232 g/mol. The van der Waals surface area contributed by atoms with Crippen molar-refractivity contribution < 1.29 is 9.21 Å². The first-order valence-corrected chi connectivity index (χ1v) is 5.14. The number of carbonyl (C=O) groups excluding carboxylic acids is 1. The summed E-state index contributed by atoms with van der Waals surface area (Å²) in [7, 11) is 0. The van der Waals surface area contributed by atoms with E-state index in [0.29, 0.717) is 11.0 Å². The molecule has 0 radical (unpaired) electrons. The van der Waals surface area contributed by atoms with Gasteiger partial charge in [-0.25, -0.2) is 0 Å². The fourth-order valence-corrected chi connectivity index (χ4v) is 1.68. The number of hydrogen-bond acceptors (Lipinski definition) is 4. The van der Waals surface area contributed by atoms with Gasteiger partial charge in [0.05, 0.1) is 17.2 Å². The van der Waals surface area contributed by atoms with Gasteiger partial charge in [0, 0.05) is 12.5 Å². The molecule has 1 aromatic carbocycles. The molecule has 1 atom stereocenters. The van der Waals surface area contributed by atoms with Crippen LogP contribution >= 0.6 is 0 Å². The number of para-hydroxylation sites is 1. The molecule has 0 aliphatic rings. The van der Waals surface area contributed by atoms with Crippen molar-refractivity contribution in [2.45, 2.75) is 12.5 Å². The summed E-state index contributed by atoms with van der Waals surface area (Å²) < 4.78 is 5.29. The number of carbonyl (C=O) groups is 1. The maximum Gasteiger partial charge on any atom is 0.219 e. The van der Waals surface area contributed by atoms with Crippen LogP contribution in [0.15, 0.2) is 39.7 Å². The Morgan fingerprint density at radius 2 is 2.06 bits per heavy atom. The molecular weight excluding hydrogens is 220 g/mol. The molecule has 0 saturated heterocycles. The van der Waals surface area contributed by atoms with Crippen LogP contribution in [0.5, 0.6) is 0 Å². The minimum Gasteiger partial charge on any atom is -0.464 e. The highest BCUT2D eigenvalue weighted by atomic mass is 16.3. The highest BCUT2D eigenvalue weighted by Crippen LogP contribution is 2.15. The van der Waals surface area contributed by atoms with E-state index in [4.69, 9.17) is 15.9 Å². The van der Waals surface area contributed by atoms with E-state index in [1.54, 1.807) is 24.3 Å². The van der Waals surface area contributed by atoms with Gasteiger partial charge >= 0.3 is 0 Å². The summed E-state index contributed by atoms with van der Waals surface area (Å²) in [5.41, 5.74) is 11.3. The lowest BCUT2D eigenvalue weighted by Gasteiger charge is -2.08. The second kappa shape index (κ2) is 4.39. The quantitative estimate of drug-likeness (QED) is 0.812. The van der Waals surface area contributed by atoms with Gasteiger partial charge in [0.1, 0.15) is 5.58 Å². The van der Waals surface area contributed by atoms with Crippen LogP contribution in [0.2, 0.25) is 0 Å². The summed E-state index contributed by atoms with van der Waals surface area (Å²) in [6.07, 6.45) is 1.21. The van der Waals surface area contributed by atoms with Crippen molar-refractivity contribution in [3.05, 3.63) is 46.3 Å². The number of fused-ring (bicyclic) bond motifs is 1. The molecule has 2 rings (SSSR count). The van der Waals surface area contributed by atoms with E-state index < -0.39 is 11.9 Å². The average Bonchev–Trinajstić information content (AvgIpc) is 2.28. The smallest absolute Gasteiger partial charge is 0.219 e. The van der Waals surface area contributed by atoms with Gasteiger partial charge in [-0.15, -0.1) is 0 Å². The van der Waals surface area contributed by atoms with Crippen LogP contribution in [0.25, 0.3) is 11.0 Å². The normalized spacial score (nSPS) is 12.5. The van der Waals surface area contributed by atoms with Crippen LogP contribution in [0.4, 0.5) is 0 Å². The Labute approximate surface area is 97.0 Å². The molecule has 1 heterocycles. The van der Waals surface area contributed by atoms with Gasteiger partial charge < -0.3 is 15.9 Å². The van der Waals surface area contributed by atoms with E-state index in [9.17, 15) is 9.59 Å². The summed E-state index contributed by atoms with van der Waals surface area (Å²) in [6, 6.07) is 6.13. The van der Waals surface area contributed by atoms with Gasteiger partial charge in [0.25, 0.3) is 0 Å². The van der Waals surface area contributed by atoms with Crippen molar-refractivity contribution in [3.8, 4) is 0 Å². The maximum absolute atomic E-state index is 12.1. The van der Waals surface area contributed by atoms with Crippen LogP contribution < -0.4 is 16.9 Å². The zero-order chi connectivity index (χ0) is 12.4. The summed E-state index contributed by atoms with van der Waals surface area (Å²) in [4.78, 5) is 22.8. The number of primary amides is 1. The Hall–Kier alpha value is -2.14. The molecule has 4 N–H and O–H groups in total. The number of benzene rings is 1. The Morgan fingerprint density at radius 3 is 2.76 bits per heavy atom. The topological polar surface area (TPSA) is 99.3 Å². The second-order valence-corrected chi connectivity index (χ2v) is 3.79. The van der Waals surface area contributed by atoms with E-state index in [-0.39, 0.29) is 17.4 Å². The average molecular weight is 232 g/mol. The van der Waals surface area contributed by atoms with E-state index in [1.165, 1.54) is 6.26 Å². The molecule has 0 bridgehead atoms. The minimum atomic E-state index is -0.728. The first-order valence-electron chi connectivity index (χ1n) is 5.14. The lowest BCUT2D eigenvalue weighted by atomic mass is 10.0. The van der Waals surface area contributed by atoms with Crippen molar-refractivity contribution in [3.63, 3.8) is 0 Å². The number of nitrogens with two attached hydrogens (primary N) is 2. The van der Waals surface area contributed by atoms with Crippen LogP contribution in [-0.4, -0.2) is 5.91 Å². The molecule has 0 aliphatic heterocycles. The van der Waals surface area contributed by atoms with Gasteiger partial charge in [-0.3, -0.25) is 9.59 Å². The molecule has 5 heteroatoms. The van der Waals surface area contributed by atoms with Crippen LogP contribution in [0, 0.1) is 0 Å². The molecular formula is C12H12N2O3. The Morgan fingerprint density at radius 1 is 1.35 bits per heavy atom. The molecule has 1 aromatic heterocycles. The molecule has 0 fully saturated rings. The largest absolute Gasteiger partial charge is 0.464 e. The van der Waals surface area contributed by atoms with Gasteiger partial charge in [-0.2, -0.15) is 0 Å². The number of hydrogen-bond donors (Lipinski definition) is 2. The molecule has 1 unspecified atom stereocenters. The summed E-state index contributed by atoms with van der Waals surface area (Å²) >= 11 is 0. The minimum absolute atomic E-state index is 0.0803. The summed E-state index contributed by atoms with van der Waals surface area (Å²) in [6.45, 7) is 0. The molecule has 2 aromatic rings. The number of rotatable bonds is 3. The van der Waals surface area contributed by atoms with Crippen LogP contribution in [-0.2, 0) is 4.79 Å². The van der Waals surface area contributed by atoms with E-state index in [2.05, 4.69) is 0 Å². The van der Waals surface area contributed by atoms with Gasteiger partial charge in [-0.05, 0) is 12.1 Å². The Bertz CT molecular complexity index is 618. The SMILES string of the molecule is NC(=O)CC(N)c1coc2ccccc2c1=O. The maximum atomic E-state index is 12.1. The van der Waals surface area contributed by atoms with E-state index >= 15 is 0 Å². The first-order chi connectivity index (χ1) is 8.09. The Balaban J connectivity index is 2.53. The standard InChI is InChI=1S/C12H12N2O3/c13-9(5-11(14)15)8-6-17-10-4-2-1-3-7(10)12(8)16/h1-4,6,9H,5,13H2,(H2,14,15). The molecule has 0 aliphatic carbocycles. The van der Waals surface area contributed by atoms with Crippen molar-refractivity contribution in [1.82, 2.24) is 0 Å². The van der Waals surface area contributed by atoms with Crippen LogP contribution in [0.1, 0.15) is 18.0 Å². The lowest BCUT2D eigenvalue weighted by Crippen LogP contribution is -2.25. The summed E-state index contributed by atoms with van der Waals surface area (Å²) in [5.74, 6) is -0.551. The molecule has 0 saturated carbocycles. The fourth-order valence-electron chi connectivity index (χ4n) is 1.68. The number of amides is 1. The second-order valence-electron chi connectivity index (χ2n) is 3.79. The van der Waals surface area contributed by atoms with Crippen LogP contribution in [0.3, 0.4) is 0 Å². The van der Waals surface area contributed by atoms with Crippen molar-refractivity contribution >= 4 is 16.9 Å². The predicted octanol–water partition coefficient (Wildman–Crippen LogP) is 0.668. The van der Waals surface area contributed by atoms with Gasteiger partial charge in [0.15, 0.2) is 5.43 Å². The predicted molar refractivity (Wildman–Crippen MR) is 63.2 cm³/mol. The summed E-state index contributed by atoms with van der Waals surface area (Å²) in [5, 5.41) is 0.449. The highest BCUT2D eigenvalue weighted by molar-refractivity contribution is 5.77. The molecule has 0 spiro atoms. The van der Waals surface area contributed by atoms with Crippen molar-refractivity contribution in [2.24, 2.45) is 11.5 Å². The zero-order valence-electron chi connectivity index (χ0n) is 9.05. The highest BCUT2D eigenvalue weighted by Gasteiger charge is 2.15. The van der Waals surface area contributed by atoms with Crippen molar-refractivity contribution in [2.75, 3.05) is 0 Å².